The van der Waals surface area contributed by atoms with Gasteiger partial charge in [0.25, 0.3) is 0 Å². The second-order valence-electron chi connectivity index (χ2n) is 4.24. The highest BCUT2D eigenvalue weighted by atomic mass is 16.5. The van der Waals surface area contributed by atoms with Crippen LogP contribution in [0, 0.1) is 0 Å². The highest BCUT2D eigenvalue weighted by Crippen LogP contribution is 2.02. The second-order valence-corrected chi connectivity index (χ2v) is 4.24. The molecule has 1 unspecified atom stereocenters. The molecule has 0 radical (unpaired) electrons. The van der Waals surface area contributed by atoms with Crippen molar-refractivity contribution in [3.8, 4) is 0 Å². The number of hydrogen-bond donors (Lipinski definition) is 1. The minimum atomic E-state index is 0.543. The Kier molecular flexibility index (Phi) is 9.42. The van der Waals surface area contributed by atoms with Crippen molar-refractivity contribution < 1.29 is 4.74 Å². The molecule has 1 N–H and O–H groups in total. The van der Waals surface area contributed by atoms with Crippen LogP contribution in [0.5, 0.6) is 0 Å². The molecule has 0 aromatic rings. The van der Waals surface area contributed by atoms with Gasteiger partial charge in [-0.1, -0.05) is 40.5 Å². The van der Waals surface area contributed by atoms with Gasteiger partial charge in [-0.25, -0.2) is 0 Å². The Balaban J connectivity index is 3.61. The first-order chi connectivity index (χ1) is 6.70. The first-order valence-electron chi connectivity index (χ1n) is 6.04. The average Bonchev–Trinajstić information content (AvgIpc) is 2.13. The van der Waals surface area contributed by atoms with E-state index in [2.05, 4.69) is 33.0 Å². The maximum absolute atomic E-state index is 5.58. The van der Waals surface area contributed by atoms with Crippen molar-refractivity contribution in [3.63, 3.8) is 0 Å². The quantitative estimate of drug-likeness (QED) is 0.579. The summed E-state index contributed by atoms with van der Waals surface area (Å²) in [6, 6.07) is 1.10. The van der Waals surface area contributed by atoms with E-state index in [0.717, 1.165) is 19.6 Å². The average molecular weight is 201 g/mol. The molecular weight excluding hydrogens is 174 g/mol. The normalized spacial score (nSPS) is 13.5. The molecule has 0 aliphatic heterocycles. The van der Waals surface area contributed by atoms with Crippen LogP contribution < -0.4 is 5.32 Å². The van der Waals surface area contributed by atoms with E-state index in [4.69, 9.17) is 4.74 Å². The Bertz CT molecular complexity index is 115. The molecule has 0 aromatic carbocycles. The van der Waals surface area contributed by atoms with Crippen molar-refractivity contribution in [2.45, 2.75) is 65.5 Å². The highest BCUT2D eigenvalue weighted by Gasteiger charge is 2.08. The molecule has 0 aliphatic carbocycles. The minimum absolute atomic E-state index is 0.543. The second kappa shape index (κ2) is 9.47. The first-order valence-corrected chi connectivity index (χ1v) is 6.04. The van der Waals surface area contributed by atoms with Gasteiger partial charge in [-0.15, -0.1) is 0 Å². The molecule has 0 amide bonds. The predicted molar refractivity (Wildman–Crippen MR) is 62.7 cm³/mol. The van der Waals surface area contributed by atoms with Crippen molar-refractivity contribution >= 4 is 0 Å². The van der Waals surface area contributed by atoms with E-state index >= 15 is 0 Å². The molecule has 0 spiro atoms. The Morgan fingerprint density at radius 3 is 2.36 bits per heavy atom. The van der Waals surface area contributed by atoms with Gasteiger partial charge in [0.15, 0.2) is 0 Å². The third-order valence-electron chi connectivity index (χ3n) is 2.14. The summed E-state index contributed by atoms with van der Waals surface area (Å²) >= 11 is 0. The Morgan fingerprint density at radius 1 is 1.14 bits per heavy atom. The van der Waals surface area contributed by atoms with Gasteiger partial charge in [0, 0.05) is 18.7 Å². The molecule has 0 aliphatic rings. The van der Waals surface area contributed by atoms with Gasteiger partial charge in [0.2, 0.25) is 0 Å². The molecule has 2 heteroatoms. The molecule has 1 atom stereocenters. The molecule has 0 rings (SSSR count). The van der Waals surface area contributed by atoms with Crippen LogP contribution in [0.15, 0.2) is 0 Å². The van der Waals surface area contributed by atoms with Crippen molar-refractivity contribution in [3.05, 3.63) is 0 Å². The van der Waals surface area contributed by atoms with Gasteiger partial charge in [-0.3, -0.25) is 0 Å². The fraction of sp³-hybridized carbons (Fsp3) is 1.00. The van der Waals surface area contributed by atoms with E-state index in [0.29, 0.717) is 12.1 Å². The van der Waals surface area contributed by atoms with Crippen molar-refractivity contribution in [2.75, 3.05) is 13.2 Å². The van der Waals surface area contributed by atoms with E-state index in [-0.39, 0.29) is 0 Å². The zero-order valence-corrected chi connectivity index (χ0v) is 10.3. The van der Waals surface area contributed by atoms with E-state index in [1.54, 1.807) is 0 Å². The maximum atomic E-state index is 5.58. The number of rotatable bonds is 9. The summed E-state index contributed by atoms with van der Waals surface area (Å²) in [6.07, 6.45) is 4.91. The topological polar surface area (TPSA) is 21.3 Å². The van der Waals surface area contributed by atoms with Crippen LogP contribution in [0.4, 0.5) is 0 Å². The van der Waals surface area contributed by atoms with Crippen LogP contribution >= 0.6 is 0 Å². The summed E-state index contributed by atoms with van der Waals surface area (Å²) in [4.78, 5) is 0. The summed E-state index contributed by atoms with van der Waals surface area (Å²) in [5, 5.41) is 3.55. The minimum Gasteiger partial charge on any atom is -0.380 e. The molecular formula is C12H27NO. The Morgan fingerprint density at radius 2 is 1.86 bits per heavy atom. The van der Waals surface area contributed by atoms with Crippen LogP contribution in [0.2, 0.25) is 0 Å². The predicted octanol–water partition coefficient (Wildman–Crippen LogP) is 2.97. The summed E-state index contributed by atoms with van der Waals surface area (Å²) in [7, 11) is 0. The van der Waals surface area contributed by atoms with Crippen molar-refractivity contribution in [1.82, 2.24) is 5.32 Å². The van der Waals surface area contributed by atoms with Gasteiger partial charge in [-0.2, -0.15) is 0 Å². The van der Waals surface area contributed by atoms with Crippen LogP contribution in [0.25, 0.3) is 0 Å². The van der Waals surface area contributed by atoms with E-state index in [9.17, 15) is 0 Å². The van der Waals surface area contributed by atoms with Gasteiger partial charge in [0.1, 0.15) is 0 Å². The van der Waals surface area contributed by atoms with E-state index in [1.165, 1.54) is 19.3 Å². The maximum Gasteiger partial charge on any atom is 0.0619 e. The van der Waals surface area contributed by atoms with Gasteiger partial charge < -0.3 is 10.1 Å². The number of hydrogen-bond acceptors (Lipinski definition) is 2. The van der Waals surface area contributed by atoms with Gasteiger partial charge in [0.05, 0.1) is 6.61 Å². The molecule has 14 heavy (non-hydrogen) atoms. The SMILES string of the molecule is CCCCC(COCCC)NC(C)C. The van der Waals surface area contributed by atoms with Gasteiger partial charge in [-0.05, 0) is 12.8 Å². The lowest BCUT2D eigenvalue weighted by Crippen LogP contribution is -2.38. The summed E-state index contributed by atoms with van der Waals surface area (Å²) < 4.78 is 5.58. The van der Waals surface area contributed by atoms with Gasteiger partial charge >= 0.3 is 0 Å². The third-order valence-corrected chi connectivity index (χ3v) is 2.14. The molecule has 2 nitrogen and oxygen atoms in total. The smallest absolute Gasteiger partial charge is 0.0619 e. The molecule has 0 aromatic heterocycles. The zero-order chi connectivity index (χ0) is 10.8. The van der Waals surface area contributed by atoms with Crippen LogP contribution in [0.3, 0.4) is 0 Å². The fourth-order valence-corrected chi connectivity index (χ4v) is 1.51. The lowest BCUT2D eigenvalue weighted by atomic mass is 10.1. The fourth-order valence-electron chi connectivity index (χ4n) is 1.51. The standard InChI is InChI=1S/C12H27NO/c1-5-7-8-12(13-11(3)4)10-14-9-6-2/h11-13H,5-10H2,1-4H3. The number of ether oxygens (including phenoxy) is 1. The summed E-state index contributed by atoms with van der Waals surface area (Å²) in [5.74, 6) is 0. The van der Waals surface area contributed by atoms with Crippen LogP contribution in [-0.2, 0) is 4.74 Å². The van der Waals surface area contributed by atoms with E-state index < -0.39 is 0 Å². The molecule has 0 saturated heterocycles. The molecule has 0 fully saturated rings. The lowest BCUT2D eigenvalue weighted by Gasteiger charge is -2.21. The van der Waals surface area contributed by atoms with Crippen molar-refractivity contribution in [2.24, 2.45) is 0 Å². The first kappa shape index (κ1) is 13.9. The summed E-state index contributed by atoms with van der Waals surface area (Å²) in [5.41, 5.74) is 0. The largest absolute Gasteiger partial charge is 0.380 e. The molecule has 0 heterocycles. The summed E-state index contributed by atoms with van der Waals surface area (Å²) in [6.45, 7) is 10.5. The van der Waals surface area contributed by atoms with Crippen molar-refractivity contribution in [1.29, 1.82) is 0 Å². The number of nitrogens with one attached hydrogen (secondary N) is 1. The van der Waals surface area contributed by atoms with Crippen LogP contribution in [0.1, 0.15) is 53.4 Å². The monoisotopic (exact) mass is 201 g/mol. The molecule has 0 saturated carbocycles. The molecule has 86 valence electrons. The zero-order valence-electron chi connectivity index (χ0n) is 10.3. The van der Waals surface area contributed by atoms with E-state index in [1.807, 2.05) is 0 Å². The number of unbranched alkanes of at least 4 members (excludes halogenated alkanes) is 1. The molecule has 0 bridgehead atoms. The Hall–Kier alpha value is -0.0800. The van der Waals surface area contributed by atoms with Crippen LogP contribution in [-0.4, -0.2) is 25.3 Å². The lowest BCUT2D eigenvalue weighted by molar-refractivity contribution is 0.106. The highest BCUT2D eigenvalue weighted by molar-refractivity contribution is 4.68. The third kappa shape index (κ3) is 8.52. The Labute approximate surface area is 89.4 Å².